The van der Waals surface area contributed by atoms with Gasteiger partial charge in [-0.2, -0.15) is 0 Å². The Morgan fingerprint density at radius 2 is 2.00 bits per heavy atom. The van der Waals surface area contributed by atoms with E-state index >= 15 is 0 Å². The number of nitrogen functional groups attached to an aromatic ring is 1. The molecule has 106 valence electrons. The van der Waals surface area contributed by atoms with Crippen molar-refractivity contribution in [3.8, 4) is 0 Å². The molecule has 0 aliphatic heterocycles. The lowest BCUT2D eigenvalue weighted by molar-refractivity contribution is 0.0955. The number of rotatable bonds is 3. The van der Waals surface area contributed by atoms with Crippen LogP contribution in [0, 0.1) is 6.92 Å². The minimum Gasteiger partial charge on any atom is -0.399 e. The van der Waals surface area contributed by atoms with Crippen molar-refractivity contribution in [2.75, 3.05) is 5.73 Å². The lowest BCUT2D eigenvalue weighted by Crippen LogP contribution is -2.22. The summed E-state index contributed by atoms with van der Waals surface area (Å²) in [6, 6.07) is 15.7. The molecule has 0 aliphatic rings. The number of thiophene rings is 1. The fraction of sp³-hybridized carbons (Fsp3) is 0.118. The highest BCUT2D eigenvalue weighted by Gasteiger charge is 2.10. The number of nitrogens with one attached hydrogen (secondary N) is 1. The molecule has 0 spiro atoms. The summed E-state index contributed by atoms with van der Waals surface area (Å²) < 4.78 is 1.13. The zero-order chi connectivity index (χ0) is 14.8. The SMILES string of the molecule is Cc1c(N)cccc1CNC(=O)c1cc2ccccc2s1. The van der Waals surface area contributed by atoms with Gasteiger partial charge in [0.1, 0.15) is 0 Å². The highest BCUT2D eigenvalue weighted by Crippen LogP contribution is 2.25. The van der Waals surface area contributed by atoms with Crippen LogP contribution in [0.5, 0.6) is 0 Å². The lowest BCUT2D eigenvalue weighted by Gasteiger charge is -2.09. The van der Waals surface area contributed by atoms with Crippen molar-refractivity contribution in [2.45, 2.75) is 13.5 Å². The lowest BCUT2D eigenvalue weighted by atomic mass is 10.1. The maximum atomic E-state index is 12.3. The molecule has 0 radical (unpaired) electrons. The third-order valence-corrected chi connectivity index (χ3v) is 4.69. The van der Waals surface area contributed by atoms with Gasteiger partial charge < -0.3 is 11.1 Å². The first kappa shape index (κ1) is 13.6. The van der Waals surface area contributed by atoms with Gasteiger partial charge in [0.05, 0.1) is 4.88 Å². The molecule has 0 fully saturated rings. The van der Waals surface area contributed by atoms with E-state index < -0.39 is 0 Å². The van der Waals surface area contributed by atoms with Gasteiger partial charge in [-0.25, -0.2) is 0 Å². The third-order valence-electron chi connectivity index (χ3n) is 3.58. The van der Waals surface area contributed by atoms with E-state index in [2.05, 4.69) is 5.32 Å². The molecule has 2 aromatic carbocycles. The first-order valence-electron chi connectivity index (χ1n) is 6.76. The number of carbonyl (C=O) groups excluding carboxylic acids is 1. The smallest absolute Gasteiger partial charge is 0.261 e. The molecular weight excluding hydrogens is 280 g/mol. The third kappa shape index (κ3) is 2.76. The Balaban J connectivity index is 1.76. The van der Waals surface area contributed by atoms with Crippen LogP contribution in [0.3, 0.4) is 0 Å². The van der Waals surface area contributed by atoms with Crippen molar-refractivity contribution in [3.63, 3.8) is 0 Å². The Morgan fingerprint density at radius 3 is 2.81 bits per heavy atom. The molecule has 4 heteroatoms. The topological polar surface area (TPSA) is 55.1 Å². The number of fused-ring (bicyclic) bond motifs is 1. The van der Waals surface area contributed by atoms with Crippen LogP contribution in [0.25, 0.3) is 10.1 Å². The molecule has 0 saturated carbocycles. The summed E-state index contributed by atoms with van der Waals surface area (Å²) in [5.74, 6) is -0.0435. The number of amides is 1. The van der Waals surface area contributed by atoms with Crippen LogP contribution in [-0.4, -0.2) is 5.91 Å². The Kier molecular flexibility index (Phi) is 3.62. The van der Waals surface area contributed by atoms with Crippen molar-refractivity contribution >= 4 is 33.0 Å². The average molecular weight is 296 g/mol. The van der Waals surface area contributed by atoms with E-state index in [4.69, 9.17) is 5.73 Å². The van der Waals surface area contributed by atoms with Crippen LogP contribution in [0.4, 0.5) is 5.69 Å². The summed E-state index contributed by atoms with van der Waals surface area (Å²) in [5, 5.41) is 4.06. The summed E-state index contributed by atoms with van der Waals surface area (Å²) in [5.41, 5.74) is 8.70. The maximum absolute atomic E-state index is 12.3. The first-order chi connectivity index (χ1) is 10.1. The Hall–Kier alpha value is -2.33. The van der Waals surface area contributed by atoms with Crippen LogP contribution in [0.2, 0.25) is 0 Å². The minimum atomic E-state index is -0.0435. The highest BCUT2D eigenvalue weighted by atomic mass is 32.1. The van der Waals surface area contributed by atoms with Crippen LogP contribution < -0.4 is 11.1 Å². The van der Waals surface area contributed by atoms with Crippen molar-refractivity contribution in [2.24, 2.45) is 0 Å². The summed E-state index contributed by atoms with van der Waals surface area (Å²) in [6.45, 7) is 2.46. The molecule has 21 heavy (non-hydrogen) atoms. The molecule has 3 aromatic rings. The molecule has 0 aliphatic carbocycles. The predicted octanol–water partition coefficient (Wildman–Crippen LogP) is 3.72. The van der Waals surface area contributed by atoms with Gasteiger partial charge >= 0.3 is 0 Å². The van der Waals surface area contributed by atoms with Crippen molar-refractivity contribution in [1.82, 2.24) is 5.32 Å². The monoisotopic (exact) mass is 296 g/mol. The second-order valence-electron chi connectivity index (χ2n) is 4.96. The normalized spacial score (nSPS) is 10.7. The number of hydrogen-bond acceptors (Lipinski definition) is 3. The zero-order valence-electron chi connectivity index (χ0n) is 11.7. The number of benzene rings is 2. The second-order valence-corrected chi connectivity index (χ2v) is 6.05. The Labute approximate surface area is 127 Å². The quantitative estimate of drug-likeness (QED) is 0.724. The highest BCUT2D eigenvalue weighted by molar-refractivity contribution is 7.20. The maximum Gasteiger partial charge on any atom is 0.261 e. The molecule has 3 nitrogen and oxygen atoms in total. The van der Waals surface area contributed by atoms with E-state index in [1.54, 1.807) is 0 Å². The molecule has 1 amide bonds. The van der Waals surface area contributed by atoms with Gasteiger partial charge in [-0.05, 0) is 41.6 Å². The van der Waals surface area contributed by atoms with Gasteiger partial charge in [-0.15, -0.1) is 11.3 Å². The Bertz CT molecular complexity index is 774. The zero-order valence-corrected chi connectivity index (χ0v) is 12.5. The molecule has 0 bridgehead atoms. The molecule has 1 heterocycles. The second kappa shape index (κ2) is 5.58. The molecular formula is C17H16N2OS. The van der Waals surface area contributed by atoms with E-state index in [0.717, 1.165) is 31.8 Å². The van der Waals surface area contributed by atoms with Gasteiger partial charge in [0.2, 0.25) is 0 Å². The van der Waals surface area contributed by atoms with Crippen LogP contribution in [-0.2, 0) is 6.54 Å². The predicted molar refractivity (Wildman–Crippen MR) is 88.6 cm³/mol. The number of anilines is 1. The standard InChI is InChI=1S/C17H16N2OS/c1-11-13(6-4-7-14(11)18)10-19-17(20)16-9-12-5-2-3-8-15(12)21-16/h2-9H,10,18H2,1H3,(H,19,20). The average Bonchev–Trinajstić information content (AvgIpc) is 2.92. The number of hydrogen-bond donors (Lipinski definition) is 2. The fourth-order valence-electron chi connectivity index (χ4n) is 2.25. The van der Waals surface area contributed by atoms with Gasteiger partial charge in [0.25, 0.3) is 5.91 Å². The molecule has 0 atom stereocenters. The van der Waals surface area contributed by atoms with E-state index in [1.807, 2.05) is 55.5 Å². The summed E-state index contributed by atoms with van der Waals surface area (Å²) in [4.78, 5) is 13.0. The van der Waals surface area contributed by atoms with E-state index in [0.29, 0.717) is 6.54 Å². The van der Waals surface area contributed by atoms with Gasteiger partial charge in [-0.1, -0.05) is 30.3 Å². The molecule has 0 unspecified atom stereocenters. The van der Waals surface area contributed by atoms with Gasteiger partial charge in [-0.3, -0.25) is 4.79 Å². The van der Waals surface area contributed by atoms with E-state index in [9.17, 15) is 4.79 Å². The van der Waals surface area contributed by atoms with E-state index in [1.165, 1.54) is 11.3 Å². The minimum absolute atomic E-state index is 0.0435. The number of carbonyl (C=O) groups is 1. The molecule has 3 N–H and O–H groups in total. The largest absolute Gasteiger partial charge is 0.399 e. The van der Waals surface area contributed by atoms with Crippen LogP contribution in [0.1, 0.15) is 20.8 Å². The van der Waals surface area contributed by atoms with Crippen molar-refractivity contribution in [3.05, 3.63) is 64.5 Å². The van der Waals surface area contributed by atoms with Crippen molar-refractivity contribution < 1.29 is 4.79 Å². The van der Waals surface area contributed by atoms with Gasteiger partial charge in [0, 0.05) is 16.9 Å². The molecule has 1 aromatic heterocycles. The summed E-state index contributed by atoms with van der Waals surface area (Å²) in [6.07, 6.45) is 0. The molecule has 3 rings (SSSR count). The number of nitrogens with two attached hydrogens (primary N) is 1. The first-order valence-corrected chi connectivity index (χ1v) is 7.57. The Morgan fingerprint density at radius 1 is 1.19 bits per heavy atom. The van der Waals surface area contributed by atoms with Crippen molar-refractivity contribution in [1.29, 1.82) is 0 Å². The van der Waals surface area contributed by atoms with Crippen LogP contribution >= 0.6 is 11.3 Å². The van der Waals surface area contributed by atoms with Gasteiger partial charge in [0.15, 0.2) is 0 Å². The summed E-state index contributed by atoms with van der Waals surface area (Å²) in [7, 11) is 0. The summed E-state index contributed by atoms with van der Waals surface area (Å²) >= 11 is 1.51. The molecule has 0 saturated heterocycles. The van der Waals surface area contributed by atoms with Crippen LogP contribution in [0.15, 0.2) is 48.5 Å². The fourth-order valence-corrected chi connectivity index (χ4v) is 3.23. The van der Waals surface area contributed by atoms with E-state index in [-0.39, 0.29) is 5.91 Å².